The van der Waals surface area contributed by atoms with Crippen molar-refractivity contribution in [3.05, 3.63) is 22.7 Å². The van der Waals surface area contributed by atoms with E-state index in [1.54, 1.807) is 0 Å². The van der Waals surface area contributed by atoms with Gasteiger partial charge in [-0.2, -0.15) is 0 Å². The van der Waals surface area contributed by atoms with Crippen molar-refractivity contribution in [1.29, 1.82) is 0 Å². The number of benzene rings is 1. The summed E-state index contributed by atoms with van der Waals surface area (Å²) < 4.78 is 11.9. The molecule has 0 radical (unpaired) electrons. The van der Waals surface area contributed by atoms with Gasteiger partial charge in [0.2, 0.25) is 0 Å². The average Bonchev–Trinajstić information content (AvgIpc) is 2.64. The molecule has 0 saturated carbocycles. The number of ether oxygens (including phenoxy) is 2. The van der Waals surface area contributed by atoms with E-state index < -0.39 is 0 Å². The van der Waals surface area contributed by atoms with E-state index in [-0.39, 0.29) is 6.10 Å². The Hall–Kier alpha value is -0.740. The monoisotopic (exact) mass is 257 g/mol. The van der Waals surface area contributed by atoms with Gasteiger partial charge in [-0.05, 0) is 18.2 Å². The molecule has 1 unspecified atom stereocenters. The summed E-state index contributed by atoms with van der Waals surface area (Å²) in [6.07, 6.45) is 1.08. The minimum atomic E-state index is 0.145. The summed E-state index contributed by atoms with van der Waals surface area (Å²) in [4.78, 5) is 0. The lowest BCUT2D eigenvalue weighted by Crippen LogP contribution is -2.16. The lowest BCUT2D eigenvalue weighted by molar-refractivity contribution is 0.142. The van der Waals surface area contributed by atoms with Crippen molar-refractivity contribution in [3.63, 3.8) is 0 Å². The fourth-order valence-electron chi connectivity index (χ4n) is 1.40. The maximum atomic E-state index is 5.78. The molecular weight excluding hydrogens is 246 g/mol. The van der Waals surface area contributed by atoms with E-state index in [0.29, 0.717) is 12.3 Å². The van der Waals surface area contributed by atoms with Crippen LogP contribution in [0.15, 0.2) is 22.7 Å². The lowest BCUT2D eigenvalue weighted by Gasteiger charge is -2.13. The molecule has 1 aliphatic rings. The Kier molecular flexibility index (Phi) is 2.93. The van der Waals surface area contributed by atoms with Gasteiger partial charge in [-0.1, -0.05) is 15.9 Å². The van der Waals surface area contributed by atoms with Crippen LogP contribution in [0.1, 0.15) is 6.42 Å². The molecule has 4 heteroatoms. The van der Waals surface area contributed by atoms with E-state index >= 15 is 0 Å². The highest BCUT2D eigenvalue weighted by molar-refractivity contribution is 9.10. The Balaban J connectivity index is 2.10. The molecule has 0 amide bonds. The second-order valence-corrected chi connectivity index (χ2v) is 4.20. The number of rotatable bonds is 2. The van der Waals surface area contributed by atoms with Crippen molar-refractivity contribution < 1.29 is 9.47 Å². The van der Waals surface area contributed by atoms with E-state index in [1.165, 1.54) is 0 Å². The van der Waals surface area contributed by atoms with Gasteiger partial charge in [0.25, 0.3) is 0 Å². The van der Waals surface area contributed by atoms with E-state index in [4.69, 9.17) is 15.2 Å². The zero-order chi connectivity index (χ0) is 9.97. The molecule has 3 nitrogen and oxygen atoms in total. The maximum Gasteiger partial charge on any atom is 0.143 e. The zero-order valence-corrected chi connectivity index (χ0v) is 9.29. The summed E-state index contributed by atoms with van der Waals surface area (Å²) in [5, 5.41) is 0. The molecule has 1 aromatic carbocycles. The molecule has 2 N–H and O–H groups in total. The summed E-state index contributed by atoms with van der Waals surface area (Å²) in [7, 11) is 0. The molecule has 1 fully saturated rings. The highest BCUT2D eigenvalue weighted by Crippen LogP contribution is 2.27. The van der Waals surface area contributed by atoms with Gasteiger partial charge in [-0.15, -0.1) is 0 Å². The van der Waals surface area contributed by atoms with Gasteiger partial charge in [-0.25, -0.2) is 0 Å². The minimum absolute atomic E-state index is 0.145. The van der Waals surface area contributed by atoms with Gasteiger partial charge in [0, 0.05) is 10.9 Å². The second kappa shape index (κ2) is 4.19. The van der Waals surface area contributed by atoms with Gasteiger partial charge in [0.1, 0.15) is 11.9 Å². The maximum absolute atomic E-state index is 5.78. The van der Waals surface area contributed by atoms with E-state index in [2.05, 4.69) is 15.9 Å². The number of nitrogens with two attached hydrogens (primary N) is 1. The molecule has 1 aromatic rings. The predicted molar refractivity (Wildman–Crippen MR) is 58.4 cm³/mol. The first kappa shape index (κ1) is 9.80. The van der Waals surface area contributed by atoms with Gasteiger partial charge in [0.05, 0.1) is 18.9 Å². The van der Waals surface area contributed by atoms with Crippen molar-refractivity contribution in [1.82, 2.24) is 0 Å². The van der Waals surface area contributed by atoms with Gasteiger partial charge >= 0.3 is 0 Å². The lowest BCUT2D eigenvalue weighted by atomic mass is 10.3. The van der Waals surface area contributed by atoms with Gasteiger partial charge in [0.15, 0.2) is 0 Å². The van der Waals surface area contributed by atoms with Crippen LogP contribution < -0.4 is 10.5 Å². The van der Waals surface area contributed by atoms with Crippen LogP contribution in [0.5, 0.6) is 5.75 Å². The Labute approximate surface area is 91.3 Å². The number of halogens is 1. The Morgan fingerprint density at radius 2 is 2.36 bits per heavy atom. The molecule has 1 heterocycles. The van der Waals surface area contributed by atoms with Crippen LogP contribution in [0.3, 0.4) is 0 Å². The van der Waals surface area contributed by atoms with Crippen LogP contribution in [-0.2, 0) is 4.74 Å². The third-order valence-corrected chi connectivity index (χ3v) is 2.65. The highest BCUT2D eigenvalue weighted by atomic mass is 79.9. The Morgan fingerprint density at radius 1 is 1.50 bits per heavy atom. The molecule has 0 bridgehead atoms. The van der Waals surface area contributed by atoms with Crippen molar-refractivity contribution in [2.24, 2.45) is 0 Å². The van der Waals surface area contributed by atoms with Crippen LogP contribution in [-0.4, -0.2) is 19.3 Å². The molecule has 14 heavy (non-hydrogen) atoms. The van der Waals surface area contributed by atoms with Crippen molar-refractivity contribution in [2.75, 3.05) is 18.9 Å². The zero-order valence-electron chi connectivity index (χ0n) is 7.70. The molecular formula is C10H12BrNO2. The largest absolute Gasteiger partial charge is 0.486 e. The molecule has 1 atom stereocenters. The summed E-state index contributed by atoms with van der Waals surface area (Å²) in [6.45, 7) is 1.44. The van der Waals surface area contributed by atoms with Crippen molar-refractivity contribution in [3.8, 4) is 5.75 Å². The summed E-state index contributed by atoms with van der Waals surface area (Å²) in [5.74, 6) is 0.731. The fraction of sp³-hybridized carbons (Fsp3) is 0.400. The van der Waals surface area contributed by atoms with E-state index in [1.807, 2.05) is 18.2 Å². The van der Waals surface area contributed by atoms with Crippen LogP contribution >= 0.6 is 15.9 Å². The van der Waals surface area contributed by atoms with Gasteiger partial charge in [-0.3, -0.25) is 0 Å². The summed E-state index contributed by atoms with van der Waals surface area (Å²) in [6, 6.07) is 5.61. The third-order valence-electron chi connectivity index (χ3n) is 2.16. The first-order valence-corrected chi connectivity index (χ1v) is 5.34. The first-order chi connectivity index (χ1) is 6.75. The van der Waals surface area contributed by atoms with Gasteiger partial charge < -0.3 is 15.2 Å². The van der Waals surface area contributed by atoms with Crippen LogP contribution in [0.2, 0.25) is 0 Å². The predicted octanol–water partition coefficient (Wildman–Crippen LogP) is 2.20. The highest BCUT2D eigenvalue weighted by Gasteiger charge is 2.18. The minimum Gasteiger partial charge on any atom is -0.486 e. The Morgan fingerprint density at radius 3 is 3.07 bits per heavy atom. The quantitative estimate of drug-likeness (QED) is 0.827. The molecule has 1 saturated heterocycles. The number of hydrogen-bond acceptors (Lipinski definition) is 3. The first-order valence-electron chi connectivity index (χ1n) is 4.55. The average molecular weight is 258 g/mol. The molecule has 76 valence electrons. The van der Waals surface area contributed by atoms with E-state index in [9.17, 15) is 0 Å². The fourth-order valence-corrected chi connectivity index (χ4v) is 1.74. The Bertz CT molecular complexity index is 324. The van der Waals surface area contributed by atoms with Crippen LogP contribution in [0.25, 0.3) is 0 Å². The van der Waals surface area contributed by atoms with E-state index in [0.717, 1.165) is 23.2 Å². The standard InChI is InChI=1S/C10H12BrNO2/c11-7-1-2-9(12)10(5-7)14-8-3-4-13-6-8/h1-2,5,8H,3-4,6,12H2. The van der Waals surface area contributed by atoms with Crippen LogP contribution in [0.4, 0.5) is 5.69 Å². The molecule has 0 spiro atoms. The van der Waals surface area contributed by atoms with Crippen molar-refractivity contribution >= 4 is 21.6 Å². The number of nitrogen functional groups attached to an aromatic ring is 1. The second-order valence-electron chi connectivity index (χ2n) is 3.29. The smallest absolute Gasteiger partial charge is 0.143 e. The third kappa shape index (κ3) is 2.19. The molecule has 0 aliphatic carbocycles. The normalized spacial score (nSPS) is 21.1. The SMILES string of the molecule is Nc1ccc(Br)cc1OC1CCOC1. The summed E-state index contributed by atoms with van der Waals surface area (Å²) >= 11 is 3.38. The molecule has 1 aliphatic heterocycles. The molecule has 2 rings (SSSR count). The topological polar surface area (TPSA) is 44.5 Å². The molecule has 0 aromatic heterocycles. The summed E-state index contributed by atoms with van der Waals surface area (Å²) in [5.41, 5.74) is 6.45. The number of hydrogen-bond donors (Lipinski definition) is 1. The van der Waals surface area contributed by atoms with Crippen LogP contribution in [0, 0.1) is 0 Å². The number of anilines is 1. The van der Waals surface area contributed by atoms with Crippen molar-refractivity contribution in [2.45, 2.75) is 12.5 Å².